The average molecular weight is 293 g/mol. The smallest absolute Gasteiger partial charge is 0.251 e. The quantitative estimate of drug-likeness (QED) is 0.850. The second-order valence-electron chi connectivity index (χ2n) is 4.48. The lowest BCUT2D eigenvalue weighted by atomic mass is 10.1. The van der Waals surface area contributed by atoms with E-state index in [-0.39, 0.29) is 17.8 Å². The summed E-state index contributed by atoms with van der Waals surface area (Å²) in [6.07, 6.45) is 0. The zero-order valence-electron chi connectivity index (χ0n) is 10.9. The van der Waals surface area contributed by atoms with E-state index in [2.05, 4.69) is 5.32 Å². The zero-order chi connectivity index (χ0) is 14.7. The van der Waals surface area contributed by atoms with Crippen molar-refractivity contribution in [2.75, 3.05) is 5.73 Å². The summed E-state index contributed by atoms with van der Waals surface area (Å²) >= 11 is 5.88. The summed E-state index contributed by atoms with van der Waals surface area (Å²) in [5.74, 6) is -0.568. The summed E-state index contributed by atoms with van der Waals surface area (Å²) < 4.78 is 12.8. The van der Waals surface area contributed by atoms with Crippen LogP contribution in [0.15, 0.2) is 42.5 Å². The van der Waals surface area contributed by atoms with Crippen LogP contribution >= 0.6 is 11.6 Å². The van der Waals surface area contributed by atoms with Gasteiger partial charge in [0.25, 0.3) is 5.91 Å². The van der Waals surface area contributed by atoms with Gasteiger partial charge in [-0.05, 0) is 42.8 Å². The standard InChI is InChI=1S/C15H14ClFN2O/c1-9(10-2-5-12(17)6-3-10)19-15(20)11-4-7-14(18)13(16)8-11/h2-9H,18H2,1H3,(H,19,20). The summed E-state index contributed by atoms with van der Waals surface area (Å²) in [5.41, 5.74) is 7.27. The van der Waals surface area contributed by atoms with Crippen molar-refractivity contribution in [3.8, 4) is 0 Å². The highest BCUT2D eigenvalue weighted by Gasteiger charge is 2.12. The molecular formula is C15H14ClFN2O. The van der Waals surface area contributed by atoms with E-state index in [0.717, 1.165) is 5.56 Å². The number of nitrogen functional groups attached to an aromatic ring is 1. The first-order chi connectivity index (χ1) is 9.47. The van der Waals surface area contributed by atoms with E-state index in [9.17, 15) is 9.18 Å². The minimum absolute atomic E-state index is 0.237. The molecule has 0 spiro atoms. The van der Waals surface area contributed by atoms with Gasteiger partial charge in [-0.3, -0.25) is 4.79 Å². The minimum atomic E-state index is -0.308. The monoisotopic (exact) mass is 292 g/mol. The summed E-state index contributed by atoms with van der Waals surface area (Å²) in [7, 11) is 0. The van der Waals surface area contributed by atoms with Gasteiger partial charge in [0.1, 0.15) is 5.82 Å². The van der Waals surface area contributed by atoms with Crippen molar-refractivity contribution in [1.29, 1.82) is 0 Å². The average Bonchev–Trinajstić information content (AvgIpc) is 2.42. The van der Waals surface area contributed by atoms with Crippen molar-refractivity contribution >= 4 is 23.2 Å². The Bertz CT molecular complexity index is 628. The number of hydrogen-bond donors (Lipinski definition) is 2. The predicted molar refractivity (Wildman–Crippen MR) is 78.1 cm³/mol. The SMILES string of the molecule is CC(NC(=O)c1ccc(N)c(Cl)c1)c1ccc(F)cc1. The molecule has 0 aromatic heterocycles. The maximum atomic E-state index is 12.8. The highest BCUT2D eigenvalue weighted by molar-refractivity contribution is 6.33. The van der Waals surface area contributed by atoms with Crippen LogP contribution in [0.25, 0.3) is 0 Å². The lowest BCUT2D eigenvalue weighted by Crippen LogP contribution is -2.26. The van der Waals surface area contributed by atoms with Gasteiger partial charge >= 0.3 is 0 Å². The Morgan fingerprint density at radius 3 is 2.50 bits per heavy atom. The molecule has 3 nitrogen and oxygen atoms in total. The molecule has 0 radical (unpaired) electrons. The number of anilines is 1. The van der Waals surface area contributed by atoms with Gasteiger partial charge in [-0.25, -0.2) is 4.39 Å². The zero-order valence-corrected chi connectivity index (χ0v) is 11.6. The second-order valence-corrected chi connectivity index (χ2v) is 4.89. The topological polar surface area (TPSA) is 55.1 Å². The van der Waals surface area contributed by atoms with Crippen LogP contribution in [0, 0.1) is 5.82 Å². The first-order valence-corrected chi connectivity index (χ1v) is 6.46. The third-order valence-electron chi connectivity index (χ3n) is 2.98. The Kier molecular flexibility index (Phi) is 4.25. The molecule has 3 N–H and O–H groups in total. The normalized spacial score (nSPS) is 11.9. The van der Waals surface area contributed by atoms with Crippen molar-refractivity contribution in [3.63, 3.8) is 0 Å². The van der Waals surface area contributed by atoms with E-state index in [1.54, 1.807) is 24.3 Å². The molecule has 0 fully saturated rings. The summed E-state index contributed by atoms with van der Waals surface area (Å²) in [4.78, 5) is 12.1. The molecule has 0 aliphatic heterocycles. The molecule has 2 aromatic rings. The fourth-order valence-corrected chi connectivity index (χ4v) is 1.96. The predicted octanol–water partition coefficient (Wildman–Crippen LogP) is 3.55. The number of nitrogens with one attached hydrogen (secondary N) is 1. The Labute approximate surface area is 121 Å². The Morgan fingerprint density at radius 1 is 1.25 bits per heavy atom. The Hall–Kier alpha value is -2.07. The lowest BCUT2D eigenvalue weighted by molar-refractivity contribution is 0.0940. The van der Waals surface area contributed by atoms with Crippen molar-refractivity contribution in [3.05, 3.63) is 64.4 Å². The van der Waals surface area contributed by atoms with Gasteiger partial charge in [-0.2, -0.15) is 0 Å². The van der Waals surface area contributed by atoms with Gasteiger partial charge in [0.05, 0.1) is 16.8 Å². The van der Waals surface area contributed by atoms with Gasteiger partial charge in [0.15, 0.2) is 0 Å². The molecule has 0 bridgehead atoms. The molecule has 104 valence electrons. The fraction of sp³-hybridized carbons (Fsp3) is 0.133. The molecule has 20 heavy (non-hydrogen) atoms. The Morgan fingerprint density at radius 2 is 1.90 bits per heavy atom. The minimum Gasteiger partial charge on any atom is -0.398 e. The number of carbonyl (C=O) groups excluding carboxylic acids is 1. The van der Waals surface area contributed by atoms with Crippen molar-refractivity contribution in [2.45, 2.75) is 13.0 Å². The van der Waals surface area contributed by atoms with Crippen LogP contribution in [0.5, 0.6) is 0 Å². The molecule has 1 atom stereocenters. The number of carbonyl (C=O) groups is 1. The molecule has 0 saturated heterocycles. The molecular weight excluding hydrogens is 279 g/mol. The second kappa shape index (κ2) is 5.92. The Balaban J connectivity index is 2.10. The molecule has 2 rings (SSSR count). The summed E-state index contributed by atoms with van der Waals surface area (Å²) in [5, 5.41) is 3.16. The highest BCUT2D eigenvalue weighted by atomic mass is 35.5. The maximum absolute atomic E-state index is 12.8. The van der Waals surface area contributed by atoms with E-state index >= 15 is 0 Å². The van der Waals surface area contributed by atoms with Gasteiger partial charge in [0.2, 0.25) is 0 Å². The molecule has 2 aromatic carbocycles. The third-order valence-corrected chi connectivity index (χ3v) is 3.31. The van der Waals surface area contributed by atoms with Gasteiger partial charge < -0.3 is 11.1 Å². The first-order valence-electron chi connectivity index (χ1n) is 6.08. The summed E-state index contributed by atoms with van der Waals surface area (Å²) in [6, 6.07) is 10.5. The van der Waals surface area contributed by atoms with Crippen LogP contribution in [0.3, 0.4) is 0 Å². The number of amides is 1. The van der Waals surface area contributed by atoms with E-state index in [0.29, 0.717) is 16.3 Å². The highest BCUT2D eigenvalue weighted by Crippen LogP contribution is 2.20. The molecule has 0 heterocycles. The summed E-state index contributed by atoms with van der Waals surface area (Å²) in [6.45, 7) is 1.82. The number of nitrogens with two attached hydrogens (primary N) is 1. The first kappa shape index (κ1) is 14.3. The molecule has 1 unspecified atom stereocenters. The maximum Gasteiger partial charge on any atom is 0.251 e. The molecule has 0 aliphatic carbocycles. The molecule has 0 aliphatic rings. The number of benzene rings is 2. The fourth-order valence-electron chi connectivity index (χ4n) is 1.78. The molecule has 0 saturated carbocycles. The van der Waals surface area contributed by atoms with E-state index < -0.39 is 0 Å². The van der Waals surface area contributed by atoms with Crippen LogP contribution in [0.1, 0.15) is 28.9 Å². The van der Waals surface area contributed by atoms with Gasteiger partial charge in [-0.15, -0.1) is 0 Å². The van der Waals surface area contributed by atoms with Crippen molar-refractivity contribution < 1.29 is 9.18 Å². The molecule has 1 amide bonds. The van der Waals surface area contributed by atoms with E-state index in [4.69, 9.17) is 17.3 Å². The molecule has 5 heteroatoms. The van der Waals surface area contributed by atoms with Crippen LogP contribution in [0.2, 0.25) is 5.02 Å². The van der Waals surface area contributed by atoms with E-state index in [1.165, 1.54) is 18.2 Å². The van der Waals surface area contributed by atoms with E-state index in [1.807, 2.05) is 6.92 Å². The van der Waals surface area contributed by atoms with Crippen molar-refractivity contribution in [1.82, 2.24) is 5.32 Å². The van der Waals surface area contributed by atoms with Gasteiger partial charge in [-0.1, -0.05) is 23.7 Å². The van der Waals surface area contributed by atoms with Crippen LogP contribution < -0.4 is 11.1 Å². The number of halogens is 2. The van der Waals surface area contributed by atoms with Crippen LogP contribution in [-0.4, -0.2) is 5.91 Å². The van der Waals surface area contributed by atoms with Crippen molar-refractivity contribution in [2.24, 2.45) is 0 Å². The number of hydrogen-bond acceptors (Lipinski definition) is 2. The van der Waals surface area contributed by atoms with Gasteiger partial charge in [0, 0.05) is 5.56 Å². The number of rotatable bonds is 3. The largest absolute Gasteiger partial charge is 0.398 e. The third kappa shape index (κ3) is 3.27. The van der Waals surface area contributed by atoms with Crippen LogP contribution in [0.4, 0.5) is 10.1 Å². The lowest BCUT2D eigenvalue weighted by Gasteiger charge is -2.14. The van der Waals surface area contributed by atoms with Crippen LogP contribution in [-0.2, 0) is 0 Å².